The monoisotopic (exact) mass is 487 g/mol. The standard InChI is InChI=1S/C25H21N5O2S2/c31-24(26-14-13-18-8-3-1-4-9-18)20-16-33-22(27-20)17-34-25-29-28-23(21-12-7-15-32-21)30(25)19-10-5-2-6-11-19/h1-12,15-16H,13-14,17H2,(H,26,31). The topological polar surface area (TPSA) is 85.8 Å². The molecule has 170 valence electrons. The number of furan rings is 1. The molecule has 0 aliphatic heterocycles. The number of thioether (sulfide) groups is 1. The Balaban J connectivity index is 1.25. The Labute approximate surface area is 204 Å². The molecule has 0 saturated heterocycles. The van der Waals surface area contributed by atoms with Gasteiger partial charge in [-0.3, -0.25) is 9.36 Å². The highest BCUT2D eigenvalue weighted by Crippen LogP contribution is 2.30. The molecule has 7 nitrogen and oxygen atoms in total. The second-order valence-corrected chi connectivity index (χ2v) is 9.25. The number of para-hydroxylation sites is 1. The Kier molecular flexibility index (Phi) is 6.83. The normalized spacial score (nSPS) is 10.9. The zero-order valence-electron chi connectivity index (χ0n) is 18.1. The summed E-state index contributed by atoms with van der Waals surface area (Å²) in [6.45, 7) is 0.570. The average Bonchev–Trinajstić information content (AvgIpc) is 3.65. The quantitative estimate of drug-likeness (QED) is 0.286. The van der Waals surface area contributed by atoms with Gasteiger partial charge in [-0.15, -0.1) is 21.5 Å². The van der Waals surface area contributed by atoms with Gasteiger partial charge in [0, 0.05) is 17.6 Å². The molecule has 0 atom stereocenters. The van der Waals surface area contributed by atoms with E-state index in [1.807, 2.05) is 65.2 Å². The van der Waals surface area contributed by atoms with Crippen LogP contribution in [-0.4, -0.2) is 32.2 Å². The minimum absolute atomic E-state index is 0.156. The number of thiazole rings is 1. The number of aromatic nitrogens is 4. The molecule has 5 rings (SSSR count). The maximum Gasteiger partial charge on any atom is 0.270 e. The molecule has 0 saturated carbocycles. The SMILES string of the molecule is O=C(NCCc1ccccc1)c1csc(CSc2nnc(-c3ccco3)n2-c2ccccc2)n1. The van der Waals surface area contributed by atoms with E-state index in [9.17, 15) is 4.79 Å². The summed E-state index contributed by atoms with van der Waals surface area (Å²) in [5.41, 5.74) is 2.57. The van der Waals surface area contributed by atoms with Crippen molar-refractivity contribution in [1.82, 2.24) is 25.1 Å². The number of carbonyl (C=O) groups excluding carboxylic acids is 1. The van der Waals surface area contributed by atoms with Gasteiger partial charge in [-0.1, -0.05) is 60.3 Å². The molecule has 1 amide bonds. The molecule has 5 aromatic rings. The van der Waals surface area contributed by atoms with E-state index in [4.69, 9.17) is 4.42 Å². The first-order valence-electron chi connectivity index (χ1n) is 10.7. The number of benzene rings is 2. The third-order valence-corrected chi connectivity index (χ3v) is 7.01. The zero-order chi connectivity index (χ0) is 23.2. The van der Waals surface area contributed by atoms with E-state index in [2.05, 4.69) is 32.6 Å². The minimum atomic E-state index is -0.156. The summed E-state index contributed by atoms with van der Waals surface area (Å²) in [6, 6.07) is 23.7. The van der Waals surface area contributed by atoms with Crippen LogP contribution in [0.5, 0.6) is 0 Å². The van der Waals surface area contributed by atoms with Crippen molar-refractivity contribution in [3.8, 4) is 17.3 Å². The average molecular weight is 488 g/mol. The fraction of sp³-hybridized carbons (Fsp3) is 0.120. The van der Waals surface area contributed by atoms with Crippen LogP contribution in [0.1, 0.15) is 21.1 Å². The van der Waals surface area contributed by atoms with Gasteiger partial charge in [-0.2, -0.15) is 0 Å². The summed E-state index contributed by atoms with van der Waals surface area (Å²) in [5.74, 6) is 1.70. The summed E-state index contributed by atoms with van der Waals surface area (Å²) in [7, 11) is 0. The van der Waals surface area contributed by atoms with Crippen LogP contribution in [-0.2, 0) is 12.2 Å². The van der Waals surface area contributed by atoms with Crippen LogP contribution in [0.4, 0.5) is 0 Å². The number of nitrogens with zero attached hydrogens (tertiary/aromatic N) is 4. The fourth-order valence-corrected chi connectivity index (χ4v) is 5.15. The first kappa shape index (κ1) is 22.1. The molecule has 1 N–H and O–H groups in total. The van der Waals surface area contributed by atoms with Crippen LogP contribution < -0.4 is 5.32 Å². The summed E-state index contributed by atoms with van der Waals surface area (Å²) in [5, 5.41) is 15.1. The lowest BCUT2D eigenvalue weighted by molar-refractivity contribution is 0.0949. The van der Waals surface area contributed by atoms with Crippen molar-refractivity contribution in [2.45, 2.75) is 17.3 Å². The van der Waals surface area contributed by atoms with Gasteiger partial charge in [0.15, 0.2) is 10.9 Å². The van der Waals surface area contributed by atoms with Crippen LogP contribution in [0.15, 0.2) is 94.0 Å². The summed E-state index contributed by atoms with van der Waals surface area (Å²) in [4.78, 5) is 17.0. The van der Waals surface area contributed by atoms with Crippen molar-refractivity contribution < 1.29 is 9.21 Å². The predicted octanol–water partition coefficient (Wildman–Crippen LogP) is 5.25. The van der Waals surface area contributed by atoms with Crippen molar-refractivity contribution in [3.05, 3.63) is 101 Å². The maximum atomic E-state index is 12.5. The van der Waals surface area contributed by atoms with Crippen molar-refractivity contribution in [2.24, 2.45) is 0 Å². The Morgan fingerprint density at radius 1 is 1.00 bits per heavy atom. The third kappa shape index (κ3) is 5.11. The lowest BCUT2D eigenvalue weighted by Crippen LogP contribution is -2.26. The van der Waals surface area contributed by atoms with Gasteiger partial charge in [0.25, 0.3) is 5.91 Å². The van der Waals surface area contributed by atoms with Gasteiger partial charge >= 0.3 is 0 Å². The molecular weight excluding hydrogens is 466 g/mol. The molecule has 34 heavy (non-hydrogen) atoms. The van der Waals surface area contributed by atoms with E-state index in [0.717, 1.165) is 22.3 Å². The van der Waals surface area contributed by atoms with Gasteiger partial charge < -0.3 is 9.73 Å². The Morgan fingerprint density at radius 3 is 2.56 bits per heavy atom. The Morgan fingerprint density at radius 2 is 1.79 bits per heavy atom. The lowest BCUT2D eigenvalue weighted by atomic mass is 10.1. The zero-order valence-corrected chi connectivity index (χ0v) is 19.8. The number of rotatable bonds is 9. The van der Waals surface area contributed by atoms with E-state index in [1.165, 1.54) is 28.7 Å². The second-order valence-electron chi connectivity index (χ2n) is 7.36. The number of amides is 1. The van der Waals surface area contributed by atoms with E-state index < -0.39 is 0 Å². The van der Waals surface area contributed by atoms with E-state index in [1.54, 1.807) is 11.6 Å². The van der Waals surface area contributed by atoms with Crippen LogP contribution in [0.25, 0.3) is 17.3 Å². The fourth-order valence-electron chi connectivity index (χ4n) is 3.40. The molecule has 9 heteroatoms. The molecular formula is C25H21N5O2S2. The number of hydrogen-bond acceptors (Lipinski definition) is 7. The largest absolute Gasteiger partial charge is 0.461 e. The van der Waals surface area contributed by atoms with Crippen molar-refractivity contribution in [1.29, 1.82) is 0 Å². The first-order valence-corrected chi connectivity index (χ1v) is 12.6. The van der Waals surface area contributed by atoms with Gasteiger partial charge in [0.05, 0.1) is 12.0 Å². The second kappa shape index (κ2) is 10.5. The minimum Gasteiger partial charge on any atom is -0.461 e. The van der Waals surface area contributed by atoms with E-state index >= 15 is 0 Å². The molecule has 0 bridgehead atoms. The van der Waals surface area contributed by atoms with Crippen molar-refractivity contribution in [2.75, 3.05) is 6.54 Å². The Bertz CT molecular complexity index is 1350. The molecule has 0 fully saturated rings. The molecule has 0 radical (unpaired) electrons. The summed E-state index contributed by atoms with van der Waals surface area (Å²) in [6.07, 6.45) is 2.40. The van der Waals surface area contributed by atoms with E-state index in [-0.39, 0.29) is 5.91 Å². The smallest absolute Gasteiger partial charge is 0.270 e. The van der Waals surface area contributed by atoms with Crippen LogP contribution in [0.2, 0.25) is 0 Å². The molecule has 2 aromatic carbocycles. The first-order chi connectivity index (χ1) is 16.8. The highest BCUT2D eigenvalue weighted by Gasteiger charge is 2.19. The van der Waals surface area contributed by atoms with Crippen LogP contribution in [0, 0.1) is 0 Å². The summed E-state index contributed by atoms with van der Waals surface area (Å²) < 4.78 is 7.53. The molecule has 3 heterocycles. The van der Waals surface area contributed by atoms with E-state index in [0.29, 0.717) is 29.6 Å². The van der Waals surface area contributed by atoms with Gasteiger partial charge in [0.2, 0.25) is 5.82 Å². The molecule has 0 unspecified atom stereocenters. The highest BCUT2D eigenvalue weighted by atomic mass is 32.2. The predicted molar refractivity (Wildman–Crippen MR) is 133 cm³/mol. The maximum absolute atomic E-state index is 12.5. The van der Waals surface area contributed by atoms with Gasteiger partial charge in [0.1, 0.15) is 10.7 Å². The van der Waals surface area contributed by atoms with Crippen LogP contribution in [0.3, 0.4) is 0 Å². The molecule has 3 aromatic heterocycles. The van der Waals surface area contributed by atoms with Crippen LogP contribution >= 0.6 is 23.1 Å². The lowest BCUT2D eigenvalue weighted by Gasteiger charge is -2.08. The number of hydrogen-bond donors (Lipinski definition) is 1. The third-order valence-electron chi connectivity index (χ3n) is 5.04. The molecule has 0 aliphatic carbocycles. The number of carbonyl (C=O) groups is 1. The highest BCUT2D eigenvalue weighted by molar-refractivity contribution is 7.98. The van der Waals surface area contributed by atoms with Crippen molar-refractivity contribution >= 4 is 29.0 Å². The molecule has 0 aliphatic rings. The number of nitrogens with one attached hydrogen (secondary N) is 1. The van der Waals surface area contributed by atoms with Gasteiger partial charge in [-0.05, 0) is 36.2 Å². The molecule has 0 spiro atoms. The van der Waals surface area contributed by atoms with Gasteiger partial charge in [-0.25, -0.2) is 4.98 Å². The summed E-state index contributed by atoms with van der Waals surface area (Å²) >= 11 is 2.98. The van der Waals surface area contributed by atoms with Crippen molar-refractivity contribution in [3.63, 3.8) is 0 Å². The Hall–Kier alpha value is -3.69.